The largest absolute Gasteiger partial charge is 0.490 e. The second-order valence-corrected chi connectivity index (χ2v) is 6.89. The van der Waals surface area contributed by atoms with Gasteiger partial charge in [-0.15, -0.1) is 0 Å². The van der Waals surface area contributed by atoms with Crippen molar-refractivity contribution in [2.45, 2.75) is 20.5 Å². The van der Waals surface area contributed by atoms with Crippen LogP contribution < -0.4 is 20.6 Å². The first-order valence-electron chi connectivity index (χ1n) is 9.03. The number of rotatable bonds is 8. The van der Waals surface area contributed by atoms with Crippen LogP contribution in [-0.4, -0.2) is 28.0 Å². The molecular formula is C20H19Cl2N5O3. The van der Waals surface area contributed by atoms with Crippen LogP contribution in [0.2, 0.25) is 10.0 Å². The molecule has 1 aromatic heterocycles. The number of hydrogen-bond donors (Lipinski definition) is 2. The molecule has 0 saturated carbocycles. The fourth-order valence-corrected chi connectivity index (χ4v) is 2.99. The maximum atomic E-state index is 11.3. The number of hydrazone groups is 1. The maximum Gasteiger partial charge on any atom is 0.363 e. The van der Waals surface area contributed by atoms with E-state index in [1.54, 1.807) is 43.5 Å². The highest BCUT2D eigenvalue weighted by atomic mass is 35.5. The minimum atomic E-state index is -0.558. The van der Waals surface area contributed by atoms with E-state index in [9.17, 15) is 4.79 Å². The zero-order valence-corrected chi connectivity index (χ0v) is 17.8. The Bertz CT molecular complexity index is 1100. The fraction of sp³-hybridized carbons (Fsp3) is 0.200. The number of hydrogen-bond acceptors (Lipinski definition) is 7. The highest BCUT2D eigenvalue weighted by Gasteiger charge is 2.10. The molecule has 0 spiro atoms. The number of anilines is 1. The Morgan fingerprint density at radius 1 is 1.17 bits per heavy atom. The van der Waals surface area contributed by atoms with E-state index in [1.165, 1.54) is 0 Å². The first-order chi connectivity index (χ1) is 14.5. The predicted octanol–water partition coefficient (Wildman–Crippen LogP) is 4.20. The van der Waals surface area contributed by atoms with Crippen LogP contribution in [0.25, 0.3) is 0 Å². The van der Waals surface area contributed by atoms with Gasteiger partial charge in [0.05, 0.1) is 12.8 Å². The van der Waals surface area contributed by atoms with E-state index in [1.807, 2.05) is 13.0 Å². The average Bonchev–Trinajstić information content (AvgIpc) is 2.72. The van der Waals surface area contributed by atoms with Crippen LogP contribution in [0.5, 0.6) is 11.5 Å². The molecule has 8 nitrogen and oxygen atoms in total. The molecule has 2 N–H and O–H groups in total. The molecule has 0 aliphatic rings. The Balaban J connectivity index is 1.74. The quantitative estimate of drug-likeness (QED) is 0.396. The van der Waals surface area contributed by atoms with Gasteiger partial charge in [0.25, 0.3) is 0 Å². The van der Waals surface area contributed by atoms with Crippen molar-refractivity contribution in [2.24, 2.45) is 5.10 Å². The normalized spacial score (nSPS) is 10.9. The molecule has 156 valence electrons. The molecule has 2 aromatic carbocycles. The van der Waals surface area contributed by atoms with Crippen molar-refractivity contribution in [2.75, 3.05) is 12.0 Å². The van der Waals surface area contributed by atoms with Crippen molar-refractivity contribution >= 4 is 35.2 Å². The summed E-state index contributed by atoms with van der Waals surface area (Å²) in [6.07, 6.45) is 1.57. The number of benzene rings is 2. The molecule has 0 saturated heterocycles. The lowest BCUT2D eigenvalue weighted by Gasteiger charge is -2.14. The number of aromatic amines is 1. The van der Waals surface area contributed by atoms with Gasteiger partial charge >= 0.3 is 5.69 Å². The number of ether oxygens (including phenoxy) is 2. The van der Waals surface area contributed by atoms with Crippen molar-refractivity contribution in [3.05, 3.63) is 73.7 Å². The summed E-state index contributed by atoms with van der Waals surface area (Å²) in [6.45, 7) is 4.24. The number of aromatic nitrogens is 3. The molecule has 1 heterocycles. The smallest absolute Gasteiger partial charge is 0.363 e. The topological polar surface area (TPSA) is 101 Å². The Labute approximate surface area is 182 Å². The lowest BCUT2D eigenvalue weighted by Crippen LogP contribution is -2.15. The number of halogens is 2. The fourth-order valence-electron chi connectivity index (χ4n) is 2.48. The lowest BCUT2D eigenvalue weighted by molar-refractivity contribution is 0.269. The number of nitrogens with zero attached hydrogens (tertiary/aromatic N) is 3. The minimum absolute atomic E-state index is 0.202. The van der Waals surface area contributed by atoms with Crippen LogP contribution in [0.4, 0.5) is 5.82 Å². The second kappa shape index (κ2) is 10.1. The maximum absolute atomic E-state index is 11.3. The summed E-state index contributed by atoms with van der Waals surface area (Å²) >= 11 is 12.4. The van der Waals surface area contributed by atoms with Gasteiger partial charge in [0, 0.05) is 15.6 Å². The Morgan fingerprint density at radius 2 is 1.93 bits per heavy atom. The summed E-state index contributed by atoms with van der Waals surface area (Å²) in [5.41, 5.74) is 4.12. The average molecular weight is 448 g/mol. The SMILES string of the molecule is CCOc1cc(/C=N\Nc2nc(=O)[nH]nc2C)ccc1OCc1c(Cl)cccc1Cl. The van der Waals surface area contributed by atoms with E-state index in [4.69, 9.17) is 32.7 Å². The molecule has 0 fully saturated rings. The van der Waals surface area contributed by atoms with Crippen LogP contribution in [0.3, 0.4) is 0 Å². The minimum Gasteiger partial charge on any atom is -0.490 e. The van der Waals surface area contributed by atoms with Crippen LogP contribution in [0.15, 0.2) is 46.3 Å². The van der Waals surface area contributed by atoms with E-state index in [2.05, 4.69) is 25.7 Å². The highest BCUT2D eigenvalue weighted by Crippen LogP contribution is 2.31. The molecule has 0 radical (unpaired) electrons. The van der Waals surface area contributed by atoms with Gasteiger partial charge < -0.3 is 9.47 Å². The number of nitrogens with one attached hydrogen (secondary N) is 2. The summed E-state index contributed by atoms with van der Waals surface area (Å²) in [5.74, 6) is 1.38. The van der Waals surface area contributed by atoms with Gasteiger partial charge in [0.1, 0.15) is 12.3 Å². The third-order valence-corrected chi connectivity index (χ3v) is 4.67. The first-order valence-corrected chi connectivity index (χ1v) is 9.78. The van der Waals surface area contributed by atoms with E-state index >= 15 is 0 Å². The summed E-state index contributed by atoms with van der Waals surface area (Å²) in [6, 6.07) is 10.7. The summed E-state index contributed by atoms with van der Waals surface area (Å²) in [7, 11) is 0. The molecule has 10 heteroatoms. The van der Waals surface area contributed by atoms with Gasteiger partial charge in [-0.05, 0) is 49.7 Å². The monoisotopic (exact) mass is 447 g/mol. The van der Waals surface area contributed by atoms with Crippen molar-refractivity contribution < 1.29 is 9.47 Å². The summed E-state index contributed by atoms with van der Waals surface area (Å²) in [4.78, 5) is 15.0. The Morgan fingerprint density at radius 3 is 2.67 bits per heavy atom. The predicted molar refractivity (Wildman–Crippen MR) is 117 cm³/mol. The molecule has 0 bridgehead atoms. The second-order valence-electron chi connectivity index (χ2n) is 6.07. The molecule has 0 unspecified atom stereocenters. The zero-order valence-electron chi connectivity index (χ0n) is 16.3. The van der Waals surface area contributed by atoms with E-state index in [-0.39, 0.29) is 12.4 Å². The molecular weight excluding hydrogens is 429 g/mol. The summed E-state index contributed by atoms with van der Waals surface area (Å²) in [5, 5.41) is 11.2. The van der Waals surface area contributed by atoms with Gasteiger partial charge in [-0.25, -0.2) is 9.89 Å². The van der Waals surface area contributed by atoms with Crippen LogP contribution >= 0.6 is 23.2 Å². The molecule has 3 rings (SSSR count). The molecule has 30 heavy (non-hydrogen) atoms. The summed E-state index contributed by atoms with van der Waals surface area (Å²) < 4.78 is 11.6. The van der Waals surface area contributed by atoms with E-state index < -0.39 is 5.69 Å². The first kappa shape index (κ1) is 21.6. The van der Waals surface area contributed by atoms with E-state index in [0.29, 0.717) is 39.4 Å². The Hall–Kier alpha value is -3.10. The third-order valence-electron chi connectivity index (χ3n) is 3.96. The van der Waals surface area contributed by atoms with Crippen molar-refractivity contribution in [1.82, 2.24) is 15.2 Å². The van der Waals surface area contributed by atoms with Crippen LogP contribution in [-0.2, 0) is 6.61 Å². The Kier molecular flexibility index (Phi) is 7.26. The van der Waals surface area contributed by atoms with E-state index in [0.717, 1.165) is 5.56 Å². The van der Waals surface area contributed by atoms with Crippen molar-refractivity contribution in [3.63, 3.8) is 0 Å². The number of aryl methyl sites for hydroxylation is 1. The van der Waals surface area contributed by atoms with Gasteiger partial charge in [-0.3, -0.25) is 5.43 Å². The van der Waals surface area contributed by atoms with Crippen molar-refractivity contribution in [3.8, 4) is 11.5 Å². The molecule has 0 aliphatic carbocycles. The van der Waals surface area contributed by atoms with Gasteiger partial charge in [0.2, 0.25) is 0 Å². The van der Waals surface area contributed by atoms with Gasteiger partial charge in [0.15, 0.2) is 17.3 Å². The molecule has 0 aliphatic heterocycles. The number of H-pyrrole nitrogens is 1. The van der Waals surface area contributed by atoms with Gasteiger partial charge in [-0.2, -0.15) is 15.2 Å². The third kappa shape index (κ3) is 5.49. The van der Waals surface area contributed by atoms with Crippen LogP contribution in [0, 0.1) is 6.92 Å². The van der Waals surface area contributed by atoms with Gasteiger partial charge in [-0.1, -0.05) is 29.3 Å². The highest BCUT2D eigenvalue weighted by molar-refractivity contribution is 6.35. The zero-order chi connectivity index (χ0) is 21.5. The molecule has 0 atom stereocenters. The van der Waals surface area contributed by atoms with Crippen molar-refractivity contribution in [1.29, 1.82) is 0 Å². The van der Waals surface area contributed by atoms with Crippen LogP contribution in [0.1, 0.15) is 23.7 Å². The standard InChI is InChI=1S/C20H19Cl2N5O3/c1-3-29-18-9-13(10-23-26-19-12(2)25-27-20(28)24-19)7-8-17(18)30-11-14-15(21)5-4-6-16(14)22/h4-10H,3,11H2,1-2H3,(H2,24,26,27,28)/b23-10-. The molecule has 0 amide bonds. The molecule has 3 aromatic rings. The lowest BCUT2D eigenvalue weighted by atomic mass is 10.2.